The van der Waals surface area contributed by atoms with Crippen molar-refractivity contribution >= 4 is 5.91 Å². The standard InChI is InChI=1S/C16H22N4O3/c1-3-14-19-16(23-20-14)10-22-9-15(21)18-8-12-4-6-13(7-5-12)11(2)17/h4-7,11H,3,8-10,17H2,1-2H3,(H,18,21). The number of hydrogen-bond acceptors (Lipinski definition) is 6. The minimum atomic E-state index is -0.198. The monoisotopic (exact) mass is 318 g/mol. The van der Waals surface area contributed by atoms with Crippen LogP contribution in [0.15, 0.2) is 28.8 Å². The molecule has 7 heteroatoms. The Morgan fingerprint density at radius 1 is 1.39 bits per heavy atom. The maximum atomic E-state index is 11.7. The van der Waals surface area contributed by atoms with E-state index in [1.54, 1.807) is 0 Å². The summed E-state index contributed by atoms with van der Waals surface area (Å²) in [5.74, 6) is 0.806. The molecule has 1 aromatic carbocycles. The van der Waals surface area contributed by atoms with E-state index in [2.05, 4.69) is 15.5 Å². The lowest BCUT2D eigenvalue weighted by Crippen LogP contribution is -2.27. The molecule has 7 nitrogen and oxygen atoms in total. The highest BCUT2D eigenvalue weighted by Crippen LogP contribution is 2.10. The van der Waals surface area contributed by atoms with Gasteiger partial charge in [-0.25, -0.2) is 0 Å². The molecule has 0 aliphatic carbocycles. The van der Waals surface area contributed by atoms with Gasteiger partial charge in [0.25, 0.3) is 5.89 Å². The van der Waals surface area contributed by atoms with Crippen LogP contribution in [-0.2, 0) is 29.1 Å². The molecule has 0 bridgehead atoms. The molecule has 124 valence electrons. The van der Waals surface area contributed by atoms with E-state index in [1.165, 1.54) is 0 Å². The van der Waals surface area contributed by atoms with Gasteiger partial charge in [-0.05, 0) is 18.1 Å². The zero-order chi connectivity index (χ0) is 16.7. The van der Waals surface area contributed by atoms with Crippen LogP contribution in [0, 0.1) is 0 Å². The SMILES string of the molecule is CCc1noc(COCC(=O)NCc2ccc(C(C)N)cc2)n1. The van der Waals surface area contributed by atoms with Crippen LogP contribution < -0.4 is 11.1 Å². The second-order valence-corrected chi connectivity index (χ2v) is 5.26. The highest BCUT2D eigenvalue weighted by molar-refractivity contribution is 5.77. The molecule has 0 radical (unpaired) electrons. The second kappa shape index (κ2) is 8.40. The number of nitrogens with two attached hydrogens (primary N) is 1. The van der Waals surface area contributed by atoms with E-state index in [1.807, 2.05) is 38.1 Å². The van der Waals surface area contributed by atoms with Crippen molar-refractivity contribution in [3.05, 3.63) is 47.1 Å². The van der Waals surface area contributed by atoms with Crippen LogP contribution in [0.4, 0.5) is 0 Å². The van der Waals surface area contributed by atoms with Crippen molar-refractivity contribution in [2.75, 3.05) is 6.61 Å². The summed E-state index contributed by atoms with van der Waals surface area (Å²) in [4.78, 5) is 15.8. The maximum Gasteiger partial charge on any atom is 0.252 e. The molecular formula is C16H22N4O3. The van der Waals surface area contributed by atoms with Crippen LogP contribution in [0.5, 0.6) is 0 Å². The number of rotatable bonds is 8. The molecule has 2 aromatic rings. The van der Waals surface area contributed by atoms with Crippen LogP contribution in [0.1, 0.15) is 42.7 Å². The third kappa shape index (κ3) is 5.46. The highest BCUT2D eigenvalue weighted by atomic mass is 16.5. The number of benzene rings is 1. The normalized spacial score (nSPS) is 12.1. The van der Waals surface area contributed by atoms with Gasteiger partial charge in [0, 0.05) is 19.0 Å². The molecule has 1 aromatic heterocycles. The minimum Gasteiger partial charge on any atom is -0.362 e. The van der Waals surface area contributed by atoms with Gasteiger partial charge < -0.3 is 20.3 Å². The fourth-order valence-corrected chi connectivity index (χ4v) is 1.91. The Morgan fingerprint density at radius 3 is 2.74 bits per heavy atom. The molecular weight excluding hydrogens is 296 g/mol. The number of carbonyl (C=O) groups excluding carboxylic acids is 1. The van der Waals surface area contributed by atoms with Crippen LogP contribution in [-0.4, -0.2) is 22.7 Å². The molecule has 1 heterocycles. The van der Waals surface area contributed by atoms with Gasteiger partial charge in [-0.1, -0.05) is 36.3 Å². The zero-order valence-corrected chi connectivity index (χ0v) is 13.4. The first-order valence-electron chi connectivity index (χ1n) is 7.58. The predicted octanol–water partition coefficient (Wildman–Crippen LogP) is 1.48. The summed E-state index contributed by atoms with van der Waals surface area (Å²) in [6, 6.07) is 7.83. The Bertz CT molecular complexity index is 623. The number of hydrogen-bond donors (Lipinski definition) is 2. The molecule has 0 aliphatic rings. The third-order valence-electron chi connectivity index (χ3n) is 3.28. The smallest absolute Gasteiger partial charge is 0.252 e. The molecule has 1 unspecified atom stereocenters. The van der Waals surface area contributed by atoms with Gasteiger partial charge in [0.1, 0.15) is 13.2 Å². The number of amides is 1. The van der Waals surface area contributed by atoms with Crippen molar-refractivity contribution in [1.29, 1.82) is 0 Å². The van der Waals surface area contributed by atoms with E-state index in [0.717, 1.165) is 11.1 Å². The number of carbonyl (C=O) groups is 1. The van der Waals surface area contributed by atoms with E-state index >= 15 is 0 Å². The minimum absolute atomic E-state index is 0.00460. The molecule has 0 fully saturated rings. The summed E-state index contributed by atoms with van der Waals surface area (Å²) in [5.41, 5.74) is 7.87. The molecule has 1 atom stereocenters. The summed E-state index contributed by atoms with van der Waals surface area (Å²) in [6.07, 6.45) is 0.700. The van der Waals surface area contributed by atoms with Crippen molar-refractivity contribution in [2.45, 2.75) is 39.5 Å². The Hall–Kier alpha value is -2.25. The van der Waals surface area contributed by atoms with Crippen molar-refractivity contribution < 1.29 is 14.1 Å². The highest BCUT2D eigenvalue weighted by Gasteiger charge is 2.07. The summed E-state index contributed by atoms with van der Waals surface area (Å²) < 4.78 is 10.2. The quantitative estimate of drug-likeness (QED) is 0.764. The van der Waals surface area contributed by atoms with E-state index in [4.69, 9.17) is 15.0 Å². The molecule has 1 amide bonds. The van der Waals surface area contributed by atoms with E-state index < -0.39 is 0 Å². The van der Waals surface area contributed by atoms with E-state index in [-0.39, 0.29) is 25.2 Å². The number of nitrogens with zero attached hydrogens (tertiary/aromatic N) is 2. The fourth-order valence-electron chi connectivity index (χ4n) is 1.91. The lowest BCUT2D eigenvalue weighted by Gasteiger charge is -2.08. The van der Waals surface area contributed by atoms with Crippen LogP contribution in [0.3, 0.4) is 0 Å². The third-order valence-corrected chi connectivity index (χ3v) is 3.28. The van der Waals surface area contributed by atoms with Gasteiger partial charge in [0.05, 0.1) is 0 Å². The predicted molar refractivity (Wildman–Crippen MR) is 84.2 cm³/mol. The number of ether oxygens (including phenoxy) is 1. The van der Waals surface area contributed by atoms with Crippen LogP contribution in [0.25, 0.3) is 0 Å². The largest absolute Gasteiger partial charge is 0.362 e. The number of nitrogens with one attached hydrogen (secondary N) is 1. The fraction of sp³-hybridized carbons (Fsp3) is 0.438. The second-order valence-electron chi connectivity index (χ2n) is 5.26. The zero-order valence-electron chi connectivity index (χ0n) is 13.4. The average Bonchev–Trinajstić information content (AvgIpc) is 3.01. The van der Waals surface area contributed by atoms with Gasteiger partial charge in [-0.3, -0.25) is 4.79 Å². The van der Waals surface area contributed by atoms with Gasteiger partial charge in [-0.15, -0.1) is 0 Å². The first kappa shape index (κ1) is 17.1. The molecule has 0 aliphatic heterocycles. The van der Waals surface area contributed by atoms with Crippen molar-refractivity contribution in [1.82, 2.24) is 15.5 Å². The molecule has 3 N–H and O–H groups in total. The Labute approximate surface area is 135 Å². The Morgan fingerprint density at radius 2 is 2.13 bits per heavy atom. The van der Waals surface area contributed by atoms with Crippen LogP contribution >= 0.6 is 0 Å². The summed E-state index contributed by atoms with van der Waals surface area (Å²) in [5, 5.41) is 6.54. The van der Waals surface area contributed by atoms with Crippen molar-refractivity contribution in [3.63, 3.8) is 0 Å². The van der Waals surface area contributed by atoms with Gasteiger partial charge in [-0.2, -0.15) is 4.98 Å². The lowest BCUT2D eigenvalue weighted by atomic mass is 10.1. The molecule has 2 rings (SSSR count). The number of aryl methyl sites for hydroxylation is 1. The summed E-state index contributed by atoms with van der Waals surface area (Å²) in [6.45, 7) is 4.39. The maximum absolute atomic E-state index is 11.7. The molecule has 0 saturated carbocycles. The molecule has 0 saturated heterocycles. The first-order valence-corrected chi connectivity index (χ1v) is 7.58. The summed E-state index contributed by atoms with van der Waals surface area (Å²) in [7, 11) is 0. The topological polar surface area (TPSA) is 103 Å². The van der Waals surface area contributed by atoms with Crippen molar-refractivity contribution in [3.8, 4) is 0 Å². The van der Waals surface area contributed by atoms with Gasteiger partial charge >= 0.3 is 0 Å². The van der Waals surface area contributed by atoms with Gasteiger partial charge in [0.15, 0.2) is 5.82 Å². The van der Waals surface area contributed by atoms with E-state index in [0.29, 0.717) is 24.7 Å². The average molecular weight is 318 g/mol. The first-order chi connectivity index (χ1) is 11.1. The Kier molecular flexibility index (Phi) is 6.25. The molecule has 0 spiro atoms. The number of aromatic nitrogens is 2. The van der Waals surface area contributed by atoms with Crippen LogP contribution in [0.2, 0.25) is 0 Å². The summed E-state index contributed by atoms with van der Waals surface area (Å²) >= 11 is 0. The van der Waals surface area contributed by atoms with E-state index in [9.17, 15) is 4.79 Å². The molecule has 23 heavy (non-hydrogen) atoms. The van der Waals surface area contributed by atoms with Crippen molar-refractivity contribution in [2.24, 2.45) is 5.73 Å². The Balaban J connectivity index is 1.68. The lowest BCUT2D eigenvalue weighted by molar-refractivity contribution is -0.126. The van der Waals surface area contributed by atoms with Gasteiger partial charge in [0.2, 0.25) is 5.91 Å².